The zero-order chi connectivity index (χ0) is 21.8. The summed E-state index contributed by atoms with van der Waals surface area (Å²) in [5.74, 6) is -0.550. The van der Waals surface area contributed by atoms with Gasteiger partial charge >= 0.3 is 0 Å². The maximum atomic E-state index is 13.0. The van der Waals surface area contributed by atoms with E-state index >= 15 is 0 Å². The fraction of sp³-hybridized carbons (Fsp3) is 0.0800. The van der Waals surface area contributed by atoms with Crippen molar-refractivity contribution in [2.24, 2.45) is 0 Å². The van der Waals surface area contributed by atoms with Crippen molar-refractivity contribution in [1.82, 2.24) is 9.78 Å². The predicted molar refractivity (Wildman–Crippen MR) is 122 cm³/mol. The van der Waals surface area contributed by atoms with Gasteiger partial charge < -0.3 is 5.32 Å². The Morgan fingerprint density at radius 3 is 2.32 bits per heavy atom. The first-order chi connectivity index (χ1) is 15.0. The number of halogens is 1. The molecule has 0 saturated heterocycles. The molecular formula is C25H20ClN3O2. The monoisotopic (exact) mass is 429 g/mol. The number of rotatable bonds is 6. The minimum atomic E-state index is -0.359. The number of nitrogens with one attached hydrogen (secondary N) is 1. The van der Waals surface area contributed by atoms with Crippen LogP contribution in [0.1, 0.15) is 37.4 Å². The normalized spacial score (nSPS) is 10.6. The minimum Gasteiger partial charge on any atom is -0.319 e. The summed E-state index contributed by atoms with van der Waals surface area (Å²) >= 11 is 5.92. The zero-order valence-electron chi connectivity index (χ0n) is 16.9. The van der Waals surface area contributed by atoms with Crippen LogP contribution in [0.2, 0.25) is 5.02 Å². The molecule has 31 heavy (non-hydrogen) atoms. The van der Waals surface area contributed by atoms with Crippen molar-refractivity contribution >= 4 is 29.0 Å². The van der Waals surface area contributed by atoms with Crippen molar-refractivity contribution in [2.45, 2.75) is 13.5 Å². The molecule has 1 aromatic heterocycles. The number of carbonyl (C=O) groups is 2. The number of carbonyl (C=O) groups excluding carboxylic acids is 2. The molecule has 0 saturated carbocycles. The molecule has 0 atom stereocenters. The van der Waals surface area contributed by atoms with Crippen LogP contribution in [0.4, 0.5) is 5.69 Å². The lowest BCUT2D eigenvalue weighted by molar-refractivity contribution is 0.0996. The van der Waals surface area contributed by atoms with Gasteiger partial charge in [0.2, 0.25) is 0 Å². The van der Waals surface area contributed by atoms with E-state index in [1.54, 1.807) is 53.5 Å². The Kier molecular flexibility index (Phi) is 5.96. The van der Waals surface area contributed by atoms with E-state index in [0.29, 0.717) is 33.9 Å². The van der Waals surface area contributed by atoms with Crippen molar-refractivity contribution in [2.75, 3.05) is 5.32 Å². The summed E-state index contributed by atoms with van der Waals surface area (Å²) in [7, 11) is 0. The molecule has 0 bridgehead atoms. The van der Waals surface area contributed by atoms with E-state index in [4.69, 9.17) is 11.6 Å². The van der Waals surface area contributed by atoms with Crippen LogP contribution in [0.3, 0.4) is 0 Å². The van der Waals surface area contributed by atoms with Crippen molar-refractivity contribution in [3.8, 4) is 0 Å². The molecule has 3 aromatic carbocycles. The number of aromatic nitrogens is 2. The van der Waals surface area contributed by atoms with Crippen molar-refractivity contribution < 1.29 is 9.59 Å². The van der Waals surface area contributed by atoms with Crippen LogP contribution >= 0.6 is 11.6 Å². The lowest BCUT2D eigenvalue weighted by Crippen LogP contribution is -2.16. The van der Waals surface area contributed by atoms with Gasteiger partial charge in [-0.05, 0) is 30.7 Å². The Bertz CT molecular complexity index is 1230. The number of hydrogen-bond acceptors (Lipinski definition) is 3. The highest BCUT2D eigenvalue weighted by Gasteiger charge is 2.18. The third-order valence-electron chi connectivity index (χ3n) is 4.88. The smallest absolute Gasteiger partial charge is 0.256 e. The third kappa shape index (κ3) is 4.90. The SMILES string of the molecule is Cc1ccc(C(=O)c2ccccc2C(=O)Nc2cnn(Cc3ccc(Cl)cc3)c2)cc1. The summed E-state index contributed by atoms with van der Waals surface area (Å²) in [4.78, 5) is 25.9. The van der Waals surface area contributed by atoms with Gasteiger partial charge in [0.1, 0.15) is 0 Å². The quantitative estimate of drug-likeness (QED) is 0.419. The zero-order valence-corrected chi connectivity index (χ0v) is 17.6. The lowest BCUT2D eigenvalue weighted by Gasteiger charge is -2.09. The number of ketones is 1. The van der Waals surface area contributed by atoms with Gasteiger partial charge in [-0.15, -0.1) is 0 Å². The first kappa shape index (κ1) is 20.6. The molecule has 1 N–H and O–H groups in total. The molecule has 154 valence electrons. The Hall–Kier alpha value is -3.70. The molecule has 0 fully saturated rings. The topological polar surface area (TPSA) is 64.0 Å². The van der Waals surface area contributed by atoms with Crippen LogP contribution in [-0.2, 0) is 6.54 Å². The summed E-state index contributed by atoms with van der Waals surface area (Å²) in [6.07, 6.45) is 3.33. The number of amides is 1. The Morgan fingerprint density at radius 2 is 1.61 bits per heavy atom. The van der Waals surface area contributed by atoms with Gasteiger partial charge in [-0.1, -0.05) is 71.8 Å². The minimum absolute atomic E-state index is 0.191. The number of nitrogens with zero attached hydrogens (tertiary/aromatic N) is 2. The standard InChI is InChI=1S/C25H20ClN3O2/c1-17-6-10-19(11-7-17)24(30)22-4-2-3-5-23(22)25(31)28-21-14-27-29(16-21)15-18-8-12-20(26)13-9-18/h2-14,16H,15H2,1H3,(H,28,31). The molecule has 1 amide bonds. The van der Waals surface area contributed by atoms with Crippen LogP contribution in [0.25, 0.3) is 0 Å². The van der Waals surface area contributed by atoms with Gasteiger partial charge in [0.05, 0.1) is 24.0 Å². The van der Waals surface area contributed by atoms with E-state index in [1.165, 1.54) is 0 Å². The summed E-state index contributed by atoms with van der Waals surface area (Å²) in [5, 5.41) is 7.81. The van der Waals surface area contributed by atoms with Gasteiger partial charge in [-0.2, -0.15) is 5.10 Å². The van der Waals surface area contributed by atoms with Crippen molar-refractivity contribution in [3.63, 3.8) is 0 Å². The summed E-state index contributed by atoms with van der Waals surface area (Å²) in [5.41, 5.74) is 3.88. The average Bonchev–Trinajstić information content (AvgIpc) is 3.22. The molecule has 4 aromatic rings. The van der Waals surface area contributed by atoms with E-state index in [2.05, 4.69) is 10.4 Å². The largest absolute Gasteiger partial charge is 0.319 e. The van der Waals surface area contributed by atoms with E-state index in [9.17, 15) is 9.59 Å². The van der Waals surface area contributed by atoms with Crippen LogP contribution in [0.15, 0.2) is 85.2 Å². The predicted octanol–water partition coefficient (Wildman–Crippen LogP) is 5.38. The summed E-state index contributed by atoms with van der Waals surface area (Å²) < 4.78 is 1.72. The molecule has 1 heterocycles. The number of hydrogen-bond donors (Lipinski definition) is 1. The molecule has 0 spiro atoms. The van der Waals surface area contributed by atoms with E-state index in [0.717, 1.165) is 11.1 Å². The van der Waals surface area contributed by atoms with Crippen LogP contribution in [0.5, 0.6) is 0 Å². The molecule has 6 heteroatoms. The van der Waals surface area contributed by atoms with Crippen molar-refractivity contribution in [3.05, 3.63) is 118 Å². The van der Waals surface area contributed by atoms with Gasteiger partial charge in [0.25, 0.3) is 5.91 Å². The second-order valence-corrected chi connectivity index (χ2v) is 7.68. The van der Waals surface area contributed by atoms with Gasteiger partial charge in [-0.3, -0.25) is 14.3 Å². The molecule has 0 aliphatic rings. The highest BCUT2D eigenvalue weighted by molar-refractivity contribution is 6.30. The second kappa shape index (κ2) is 8.98. The lowest BCUT2D eigenvalue weighted by atomic mass is 9.97. The first-order valence-corrected chi connectivity index (χ1v) is 10.2. The molecule has 0 radical (unpaired) electrons. The fourth-order valence-corrected chi connectivity index (χ4v) is 3.36. The van der Waals surface area contributed by atoms with E-state index in [1.807, 2.05) is 43.3 Å². The maximum absolute atomic E-state index is 13.0. The second-order valence-electron chi connectivity index (χ2n) is 7.25. The first-order valence-electron chi connectivity index (χ1n) is 9.78. The molecule has 5 nitrogen and oxygen atoms in total. The van der Waals surface area contributed by atoms with Crippen LogP contribution in [-0.4, -0.2) is 21.5 Å². The van der Waals surface area contributed by atoms with E-state index in [-0.39, 0.29) is 11.7 Å². The number of aryl methyl sites for hydroxylation is 1. The molecule has 0 aliphatic carbocycles. The fourth-order valence-electron chi connectivity index (χ4n) is 3.23. The summed E-state index contributed by atoms with van der Waals surface area (Å²) in [6.45, 7) is 2.51. The van der Waals surface area contributed by atoms with Gasteiger partial charge in [-0.25, -0.2) is 0 Å². The Morgan fingerprint density at radius 1 is 0.935 bits per heavy atom. The van der Waals surface area contributed by atoms with Crippen LogP contribution in [0, 0.1) is 6.92 Å². The van der Waals surface area contributed by atoms with Crippen molar-refractivity contribution in [1.29, 1.82) is 0 Å². The molecule has 4 rings (SSSR count). The third-order valence-corrected chi connectivity index (χ3v) is 5.13. The average molecular weight is 430 g/mol. The maximum Gasteiger partial charge on any atom is 0.256 e. The molecule has 0 aliphatic heterocycles. The summed E-state index contributed by atoms with van der Waals surface area (Å²) in [6, 6.07) is 21.6. The molecular weight excluding hydrogens is 410 g/mol. The number of anilines is 1. The Labute approximate surface area is 185 Å². The Balaban J connectivity index is 1.50. The highest BCUT2D eigenvalue weighted by atomic mass is 35.5. The van der Waals surface area contributed by atoms with Gasteiger partial charge in [0.15, 0.2) is 5.78 Å². The highest BCUT2D eigenvalue weighted by Crippen LogP contribution is 2.18. The van der Waals surface area contributed by atoms with Gasteiger partial charge in [0, 0.05) is 22.3 Å². The van der Waals surface area contributed by atoms with E-state index < -0.39 is 0 Å². The molecule has 0 unspecified atom stereocenters. The van der Waals surface area contributed by atoms with Crippen LogP contribution < -0.4 is 5.32 Å². The number of benzene rings is 3.